The quantitative estimate of drug-likeness (QED) is 0.365. The van der Waals surface area contributed by atoms with E-state index in [4.69, 9.17) is 11.1 Å². The third kappa shape index (κ3) is 2.93. The molecule has 0 amide bonds. The molecule has 3 unspecified atom stereocenters. The Morgan fingerprint density at radius 1 is 0.966 bits per heavy atom. The Kier molecular flexibility index (Phi) is 6.32. The number of hydrogen-bond acceptors (Lipinski definition) is 0. The summed E-state index contributed by atoms with van der Waals surface area (Å²) < 4.78 is 0.559. The molecule has 3 atom stereocenters. The van der Waals surface area contributed by atoms with Crippen molar-refractivity contribution >= 4 is 34.4 Å². The number of benzene rings is 2. The molecular weight excluding hydrogens is 514 g/mol. The summed E-state index contributed by atoms with van der Waals surface area (Å²) in [6.07, 6.45) is 0. The molecule has 0 fully saturated rings. The standard InChI is InChI=1S/C24H24ClSi.2ClH.Zr/c1-6-26(25)23-20-11-17-9-7-8-10-18(17)19(20)12-21(24(23)26)22-15(4)13(2)14(3)16(22)5;;;/h7-12,15H,6H2,1-5H3;2*1H;/q;;;+2/p-2. The summed E-state index contributed by atoms with van der Waals surface area (Å²) in [4.78, 5) is 0. The van der Waals surface area contributed by atoms with Crippen LogP contribution < -0.4 is 35.2 Å². The maximum atomic E-state index is 7.38. The van der Waals surface area contributed by atoms with E-state index in [1.807, 2.05) is 0 Å². The molecule has 0 spiro atoms. The predicted molar refractivity (Wildman–Crippen MR) is 115 cm³/mol. The van der Waals surface area contributed by atoms with E-state index in [1.165, 1.54) is 44.5 Å². The van der Waals surface area contributed by atoms with Gasteiger partial charge in [-0.2, -0.15) is 0 Å². The van der Waals surface area contributed by atoms with Gasteiger partial charge in [-0.3, -0.25) is 0 Å². The van der Waals surface area contributed by atoms with Gasteiger partial charge in [0.15, 0.2) is 0 Å². The van der Waals surface area contributed by atoms with Gasteiger partial charge in [-0.05, 0) is 0 Å². The molecule has 149 valence electrons. The van der Waals surface area contributed by atoms with E-state index < -0.39 is 7.38 Å². The third-order valence-corrected chi connectivity index (χ3v) is 14.1. The molecule has 2 aromatic carbocycles. The van der Waals surface area contributed by atoms with Gasteiger partial charge in [0.1, 0.15) is 0 Å². The monoisotopic (exact) mass is 535 g/mol. The van der Waals surface area contributed by atoms with Crippen LogP contribution in [0.1, 0.15) is 54.9 Å². The number of halogens is 3. The zero-order valence-corrected chi connectivity index (χ0v) is 23.1. The second-order valence-electron chi connectivity index (χ2n) is 8.38. The smallest absolute Gasteiger partial charge is 1.00 e. The minimum Gasteiger partial charge on any atom is -1.00 e. The van der Waals surface area contributed by atoms with E-state index in [0.717, 1.165) is 6.04 Å². The minimum absolute atomic E-state index is 0. The van der Waals surface area contributed by atoms with Gasteiger partial charge < -0.3 is 24.8 Å². The topological polar surface area (TPSA) is 0 Å². The first-order valence-electron chi connectivity index (χ1n) is 9.93. The van der Waals surface area contributed by atoms with Crippen molar-refractivity contribution < 1.29 is 49.5 Å². The van der Waals surface area contributed by atoms with Crippen molar-refractivity contribution in [3.8, 4) is 11.1 Å². The Morgan fingerprint density at radius 2 is 1.62 bits per heavy atom. The minimum atomic E-state index is -1.94. The Morgan fingerprint density at radius 3 is 2.21 bits per heavy atom. The molecule has 0 saturated carbocycles. The summed E-state index contributed by atoms with van der Waals surface area (Å²) in [6, 6.07) is 12.6. The van der Waals surface area contributed by atoms with Crippen molar-refractivity contribution in [3.63, 3.8) is 0 Å². The summed E-state index contributed by atoms with van der Waals surface area (Å²) >= 11 is 8.96. The molecule has 0 bridgehead atoms. The number of fused-ring (bicyclic) bond motifs is 5. The molecule has 0 aromatic heterocycles. The molecule has 5 heteroatoms. The van der Waals surface area contributed by atoms with Crippen LogP contribution in [0.3, 0.4) is 0 Å². The Balaban J connectivity index is 0.00000120. The van der Waals surface area contributed by atoms with Gasteiger partial charge >= 0.3 is 184 Å². The molecule has 0 nitrogen and oxygen atoms in total. The molecular formula is C24H24Cl3SiZr. The zero-order valence-electron chi connectivity index (χ0n) is 17.4. The van der Waals surface area contributed by atoms with Gasteiger partial charge in [-0.1, -0.05) is 0 Å². The fourth-order valence-corrected chi connectivity index (χ4v) is 11.8. The molecule has 5 rings (SSSR count). The number of rotatable bonds is 2. The summed E-state index contributed by atoms with van der Waals surface area (Å²) in [5.74, 6) is 0.500. The van der Waals surface area contributed by atoms with Crippen molar-refractivity contribution in [2.24, 2.45) is 5.92 Å². The Hall–Kier alpha value is -0.110. The third-order valence-electron chi connectivity index (χ3n) is 7.37. The first-order valence-corrected chi connectivity index (χ1v) is 14.6. The molecule has 0 N–H and O–H groups in total. The van der Waals surface area contributed by atoms with Crippen molar-refractivity contribution in [2.45, 2.75) is 44.3 Å². The Bertz CT molecular complexity index is 1100. The summed E-state index contributed by atoms with van der Waals surface area (Å²) in [6.45, 7) is 11.6. The van der Waals surface area contributed by atoms with Gasteiger partial charge in [-0.15, -0.1) is 0 Å². The summed E-state index contributed by atoms with van der Waals surface area (Å²) in [5.41, 5.74) is 13.5. The van der Waals surface area contributed by atoms with Crippen LogP contribution in [0.25, 0.3) is 16.7 Å². The van der Waals surface area contributed by atoms with Gasteiger partial charge in [0.05, 0.1) is 0 Å². The predicted octanol–water partition coefficient (Wildman–Crippen LogP) is -0.297. The van der Waals surface area contributed by atoms with Gasteiger partial charge in [0.2, 0.25) is 0 Å². The first kappa shape index (κ1) is 23.6. The first-order chi connectivity index (χ1) is 12.8. The molecule has 29 heavy (non-hydrogen) atoms. The van der Waals surface area contributed by atoms with Crippen LogP contribution in [0.5, 0.6) is 0 Å². The molecule has 3 aliphatic rings. The number of allylic oxidation sites excluding steroid dienone is 4. The fourth-order valence-electron chi connectivity index (χ4n) is 5.46. The summed E-state index contributed by atoms with van der Waals surface area (Å²) in [5, 5.41) is 3.15. The van der Waals surface area contributed by atoms with Crippen LogP contribution in [-0.4, -0.2) is 7.38 Å². The van der Waals surface area contributed by atoms with Crippen LogP contribution in [0, 0.1) is 5.92 Å². The van der Waals surface area contributed by atoms with Crippen LogP contribution in [-0.2, 0) is 24.7 Å². The Labute approximate surface area is 207 Å². The van der Waals surface area contributed by atoms with Gasteiger partial charge in [0.25, 0.3) is 0 Å². The normalized spacial score (nSPS) is 25.9. The van der Waals surface area contributed by atoms with Crippen molar-refractivity contribution in [1.82, 2.24) is 0 Å². The number of hydrogen-bond donors (Lipinski definition) is 0. The second kappa shape index (κ2) is 7.79. The van der Waals surface area contributed by atoms with E-state index >= 15 is 0 Å². The van der Waals surface area contributed by atoms with Crippen molar-refractivity contribution in [3.05, 3.63) is 63.7 Å². The van der Waals surface area contributed by atoms with Crippen LogP contribution in [0.4, 0.5) is 0 Å². The molecule has 0 radical (unpaired) electrons. The average Bonchev–Trinajstić information content (AvgIpc) is 3.14. The van der Waals surface area contributed by atoms with Crippen molar-refractivity contribution in [2.75, 3.05) is 0 Å². The van der Waals surface area contributed by atoms with E-state index in [9.17, 15) is 0 Å². The van der Waals surface area contributed by atoms with E-state index in [0.29, 0.717) is 9.54 Å². The van der Waals surface area contributed by atoms with Crippen LogP contribution >= 0.6 is 11.1 Å². The maximum absolute atomic E-state index is 7.38. The van der Waals surface area contributed by atoms with Gasteiger partial charge in [0, 0.05) is 0 Å². The molecule has 2 aliphatic carbocycles. The SMILES string of the molecule is CC[Si]1(Cl)c2c(C3=C(C)C(C)=C(C)C3C)cc3c(c21)[CH]([Zr+2])c1ccccc1-3.[Cl-].[Cl-]. The molecule has 1 heterocycles. The molecule has 2 aromatic rings. The van der Waals surface area contributed by atoms with E-state index in [2.05, 4.69) is 65.0 Å². The average molecular weight is 538 g/mol. The molecule has 1 aliphatic heterocycles. The van der Waals surface area contributed by atoms with E-state index in [-0.39, 0.29) is 24.8 Å². The second-order valence-corrected chi connectivity index (χ2v) is 15.0. The van der Waals surface area contributed by atoms with Crippen molar-refractivity contribution in [1.29, 1.82) is 0 Å². The van der Waals surface area contributed by atoms with Crippen LogP contribution in [0.15, 0.2) is 47.1 Å². The zero-order chi connectivity index (χ0) is 19.2. The van der Waals surface area contributed by atoms with E-state index in [1.54, 1.807) is 40.7 Å². The molecule has 0 saturated heterocycles. The largest absolute Gasteiger partial charge is 1.00 e. The van der Waals surface area contributed by atoms with Crippen LogP contribution in [0.2, 0.25) is 6.04 Å². The maximum Gasteiger partial charge on any atom is -1.00 e. The fraction of sp³-hybridized carbons (Fsp3) is 0.333. The van der Waals surface area contributed by atoms with Gasteiger partial charge in [-0.25, -0.2) is 0 Å². The summed E-state index contributed by atoms with van der Waals surface area (Å²) in [7, 11) is -1.94.